The van der Waals surface area contributed by atoms with E-state index >= 15 is 0 Å². The van der Waals surface area contributed by atoms with Gasteiger partial charge in [0.25, 0.3) is 5.91 Å². The fourth-order valence-electron chi connectivity index (χ4n) is 3.65. The van der Waals surface area contributed by atoms with Crippen LogP contribution < -0.4 is 11.5 Å². The Morgan fingerprint density at radius 2 is 1.72 bits per heavy atom. The maximum absolute atomic E-state index is 12.8. The molecule has 0 atom stereocenters. The van der Waals surface area contributed by atoms with Crippen LogP contribution >= 0.6 is 0 Å². The third-order valence-electron chi connectivity index (χ3n) is 5.21. The standard InChI is InChI=1S/C23H19N3O3/c1-13(21(24)27)11-26-12-20-18(23(26)29)8-7-14-5-6-16(10-19(14)20)15-3-2-4-17(9-15)22(25)28/h2-10H,1,11-12H2,(H2,24,27)(H2,25,28). The molecule has 0 bridgehead atoms. The Labute approximate surface area is 167 Å². The van der Waals surface area contributed by atoms with Crippen LogP contribution in [0.15, 0.2) is 66.7 Å². The summed E-state index contributed by atoms with van der Waals surface area (Å²) in [7, 11) is 0. The lowest BCUT2D eigenvalue weighted by atomic mass is 9.95. The molecule has 6 heteroatoms. The Morgan fingerprint density at radius 3 is 2.45 bits per heavy atom. The Kier molecular flexibility index (Phi) is 4.39. The molecule has 0 fully saturated rings. The minimum Gasteiger partial charge on any atom is -0.366 e. The van der Waals surface area contributed by atoms with E-state index in [0.717, 1.165) is 27.5 Å². The molecule has 29 heavy (non-hydrogen) atoms. The molecule has 3 aromatic rings. The van der Waals surface area contributed by atoms with E-state index < -0.39 is 11.8 Å². The average Bonchev–Trinajstić information content (AvgIpc) is 3.03. The van der Waals surface area contributed by atoms with Crippen molar-refractivity contribution < 1.29 is 14.4 Å². The molecule has 0 unspecified atom stereocenters. The van der Waals surface area contributed by atoms with Gasteiger partial charge in [-0.05, 0) is 51.7 Å². The Balaban J connectivity index is 1.77. The first-order valence-electron chi connectivity index (χ1n) is 9.08. The molecule has 0 radical (unpaired) electrons. The van der Waals surface area contributed by atoms with Gasteiger partial charge in [-0.1, -0.05) is 36.9 Å². The van der Waals surface area contributed by atoms with Crippen LogP contribution in [-0.4, -0.2) is 29.2 Å². The zero-order valence-corrected chi connectivity index (χ0v) is 15.6. The van der Waals surface area contributed by atoms with Gasteiger partial charge in [0.2, 0.25) is 11.8 Å². The van der Waals surface area contributed by atoms with Crippen molar-refractivity contribution in [1.29, 1.82) is 0 Å². The molecule has 0 aromatic heterocycles. The Hall–Kier alpha value is -3.93. The monoisotopic (exact) mass is 385 g/mol. The second-order valence-electron chi connectivity index (χ2n) is 7.10. The number of hydrogen-bond donors (Lipinski definition) is 2. The van der Waals surface area contributed by atoms with Gasteiger partial charge in [-0.25, -0.2) is 0 Å². The molecule has 1 aliphatic rings. The summed E-state index contributed by atoms with van der Waals surface area (Å²) in [5.41, 5.74) is 14.6. The van der Waals surface area contributed by atoms with Crippen molar-refractivity contribution in [1.82, 2.24) is 4.90 Å². The maximum Gasteiger partial charge on any atom is 0.254 e. The van der Waals surface area contributed by atoms with Crippen molar-refractivity contribution in [2.24, 2.45) is 11.5 Å². The van der Waals surface area contributed by atoms with Crippen LogP contribution in [0.5, 0.6) is 0 Å². The lowest BCUT2D eigenvalue weighted by molar-refractivity contribution is -0.114. The molecule has 6 nitrogen and oxygen atoms in total. The van der Waals surface area contributed by atoms with Gasteiger partial charge < -0.3 is 16.4 Å². The topological polar surface area (TPSA) is 106 Å². The fraction of sp³-hybridized carbons (Fsp3) is 0.0870. The van der Waals surface area contributed by atoms with Crippen LogP contribution in [0.25, 0.3) is 21.9 Å². The lowest BCUT2D eigenvalue weighted by Gasteiger charge is -2.15. The van der Waals surface area contributed by atoms with E-state index in [0.29, 0.717) is 17.7 Å². The molecule has 4 rings (SSSR count). The predicted octanol–water partition coefficient (Wildman–Crippen LogP) is 2.60. The summed E-state index contributed by atoms with van der Waals surface area (Å²) in [6, 6.07) is 16.8. The quantitative estimate of drug-likeness (QED) is 0.659. The summed E-state index contributed by atoms with van der Waals surface area (Å²) in [5, 5.41) is 1.95. The van der Waals surface area contributed by atoms with Gasteiger partial charge in [0.1, 0.15) is 0 Å². The second kappa shape index (κ2) is 6.91. The average molecular weight is 385 g/mol. The van der Waals surface area contributed by atoms with Gasteiger partial charge in [-0.15, -0.1) is 0 Å². The third-order valence-corrected chi connectivity index (χ3v) is 5.21. The van der Waals surface area contributed by atoms with Gasteiger partial charge in [0.15, 0.2) is 0 Å². The summed E-state index contributed by atoms with van der Waals surface area (Å²) in [4.78, 5) is 37.1. The first-order valence-corrected chi connectivity index (χ1v) is 9.08. The van der Waals surface area contributed by atoms with E-state index in [1.165, 1.54) is 0 Å². The number of fused-ring (bicyclic) bond motifs is 3. The SMILES string of the molecule is C=C(CN1Cc2c(ccc3ccc(-c4cccc(C(N)=O)c4)cc23)C1=O)C(N)=O. The van der Waals surface area contributed by atoms with Crippen molar-refractivity contribution in [3.8, 4) is 11.1 Å². The molecule has 1 aliphatic heterocycles. The van der Waals surface area contributed by atoms with Gasteiger partial charge in [0.05, 0.1) is 6.54 Å². The van der Waals surface area contributed by atoms with Crippen LogP contribution in [0.3, 0.4) is 0 Å². The summed E-state index contributed by atoms with van der Waals surface area (Å²) in [6.07, 6.45) is 0. The van der Waals surface area contributed by atoms with Crippen LogP contribution in [0.4, 0.5) is 0 Å². The number of hydrogen-bond acceptors (Lipinski definition) is 3. The summed E-state index contributed by atoms with van der Waals surface area (Å²) in [5.74, 6) is -1.25. The predicted molar refractivity (Wildman–Crippen MR) is 111 cm³/mol. The maximum atomic E-state index is 12.8. The van der Waals surface area contributed by atoms with Gasteiger partial charge in [0, 0.05) is 23.2 Å². The van der Waals surface area contributed by atoms with E-state index in [1.807, 2.05) is 30.3 Å². The molecular formula is C23H19N3O3. The molecule has 0 saturated carbocycles. The Bertz CT molecular complexity index is 1210. The highest BCUT2D eigenvalue weighted by atomic mass is 16.2. The molecule has 4 N–H and O–H groups in total. The largest absolute Gasteiger partial charge is 0.366 e. The number of nitrogens with two attached hydrogens (primary N) is 2. The van der Waals surface area contributed by atoms with E-state index in [1.54, 1.807) is 29.2 Å². The van der Waals surface area contributed by atoms with Crippen molar-refractivity contribution >= 4 is 28.5 Å². The number of nitrogens with zero attached hydrogens (tertiary/aromatic N) is 1. The smallest absolute Gasteiger partial charge is 0.254 e. The molecule has 3 amide bonds. The van der Waals surface area contributed by atoms with Crippen molar-refractivity contribution in [3.63, 3.8) is 0 Å². The fourth-order valence-corrected chi connectivity index (χ4v) is 3.65. The van der Waals surface area contributed by atoms with Crippen LogP contribution in [0, 0.1) is 0 Å². The number of carbonyl (C=O) groups is 3. The first kappa shape index (κ1) is 18.4. The van der Waals surface area contributed by atoms with Crippen LogP contribution in [0.2, 0.25) is 0 Å². The summed E-state index contributed by atoms with van der Waals surface area (Å²) >= 11 is 0. The third kappa shape index (κ3) is 3.25. The number of benzene rings is 3. The molecule has 144 valence electrons. The first-order chi connectivity index (χ1) is 13.8. The Morgan fingerprint density at radius 1 is 1.00 bits per heavy atom. The highest BCUT2D eigenvalue weighted by Crippen LogP contribution is 2.33. The molecule has 0 aliphatic carbocycles. The van der Waals surface area contributed by atoms with Crippen molar-refractivity contribution in [3.05, 3.63) is 83.4 Å². The summed E-state index contributed by atoms with van der Waals surface area (Å²) < 4.78 is 0. The zero-order valence-electron chi connectivity index (χ0n) is 15.6. The molecule has 3 aromatic carbocycles. The molecule has 0 saturated heterocycles. The van der Waals surface area contributed by atoms with Crippen molar-refractivity contribution in [2.75, 3.05) is 6.54 Å². The minimum atomic E-state index is -0.616. The van der Waals surface area contributed by atoms with E-state index in [9.17, 15) is 14.4 Å². The van der Waals surface area contributed by atoms with E-state index in [4.69, 9.17) is 11.5 Å². The minimum absolute atomic E-state index is 0.102. The van der Waals surface area contributed by atoms with Crippen LogP contribution in [-0.2, 0) is 11.3 Å². The molecule has 1 heterocycles. The molecule has 0 spiro atoms. The lowest BCUT2D eigenvalue weighted by Crippen LogP contribution is -2.30. The van der Waals surface area contributed by atoms with Gasteiger partial charge in [-0.3, -0.25) is 14.4 Å². The van der Waals surface area contributed by atoms with E-state index in [-0.39, 0.29) is 18.0 Å². The summed E-state index contributed by atoms with van der Waals surface area (Å²) in [6.45, 7) is 4.13. The van der Waals surface area contributed by atoms with Gasteiger partial charge in [-0.2, -0.15) is 0 Å². The highest BCUT2D eigenvalue weighted by molar-refractivity contribution is 6.06. The number of amides is 3. The zero-order chi connectivity index (χ0) is 20.7. The van der Waals surface area contributed by atoms with Gasteiger partial charge >= 0.3 is 0 Å². The second-order valence-corrected chi connectivity index (χ2v) is 7.10. The molecular weight excluding hydrogens is 366 g/mol. The normalized spacial score (nSPS) is 12.8. The van der Waals surface area contributed by atoms with E-state index in [2.05, 4.69) is 6.58 Å². The van der Waals surface area contributed by atoms with Crippen LogP contribution in [0.1, 0.15) is 26.3 Å². The highest BCUT2D eigenvalue weighted by Gasteiger charge is 2.29. The number of rotatable bonds is 5. The number of primary amides is 2. The van der Waals surface area contributed by atoms with Crippen molar-refractivity contribution in [2.45, 2.75) is 6.54 Å². The number of carbonyl (C=O) groups excluding carboxylic acids is 3.